The lowest BCUT2D eigenvalue weighted by Gasteiger charge is -2.11. The van der Waals surface area contributed by atoms with Crippen LogP contribution in [0.3, 0.4) is 0 Å². The molecule has 0 saturated heterocycles. The molecular formula is C11H11Br2N3. The van der Waals surface area contributed by atoms with Crippen LogP contribution in [0.15, 0.2) is 39.4 Å². The normalized spacial score (nSPS) is 12.8. The van der Waals surface area contributed by atoms with Crippen LogP contribution in [-0.4, -0.2) is 9.78 Å². The zero-order valence-corrected chi connectivity index (χ0v) is 11.9. The van der Waals surface area contributed by atoms with Gasteiger partial charge in [-0.25, -0.2) is 0 Å². The van der Waals surface area contributed by atoms with Crippen molar-refractivity contribution in [3.05, 3.63) is 50.7 Å². The summed E-state index contributed by atoms with van der Waals surface area (Å²) in [5, 5.41) is 4.31. The summed E-state index contributed by atoms with van der Waals surface area (Å²) in [6.07, 6.45) is 1.89. The number of nitrogens with two attached hydrogens (primary N) is 1. The molecule has 0 fully saturated rings. The van der Waals surface area contributed by atoms with Crippen LogP contribution in [0.4, 0.5) is 0 Å². The van der Waals surface area contributed by atoms with E-state index in [4.69, 9.17) is 5.73 Å². The molecule has 3 nitrogen and oxygen atoms in total. The van der Waals surface area contributed by atoms with Gasteiger partial charge < -0.3 is 5.73 Å². The summed E-state index contributed by atoms with van der Waals surface area (Å²) in [6.45, 7) is 0. The van der Waals surface area contributed by atoms with Crippen molar-refractivity contribution < 1.29 is 0 Å². The first-order valence-corrected chi connectivity index (χ1v) is 6.36. The van der Waals surface area contributed by atoms with Gasteiger partial charge in [0.25, 0.3) is 0 Å². The van der Waals surface area contributed by atoms with Gasteiger partial charge in [0.05, 0.1) is 11.7 Å². The predicted octanol–water partition coefficient (Wildman–Crippen LogP) is 2.99. The second-order valence-electron chi connectivity index (χ2n) is 3.56. The molecule has 0 radical (unpaired) electrons. The molecule has 5 heteroatoms. The van der Waals surface area contributed by atoms with Crippen LogP contribution in [0.25, 0.3) is 0 Å². The van der Waals surface area contributed by atoms with Crippen molar-refractivity contribution in [2.24, 2.45) is 12.8 Å². The Morgan fingerprint density at radius 1 is 1.31 bits per heavy atom. The number of nitrogens with zero attached hydrogens (tertiary/aromatic N) is 2. The minimum absolute atomic E-state index is 0.205. The molecule has 1 unspecified atom stereocenters. The third-order valence-corrected chi connectivity index (χ3v) is 3.53. The van der Waals surface area contributed by atoms with Gasteiger partial charge in [0, 0.05) is 22.2 Å². The second kappa shape index (κ2) is 4.69. The van der Waals surface area contributed by atoms with Gasteiger partial charge in [-0.3, -0.25) is 4.68 Å². The third kappa shape index (κ3) is 2.36. The number of aryl methyl sites for hydroxylation is 1. The van der Waals surface area contributed by atoms with E-state index in [1.807, 2.05) is 37.5 Å². The van der Waals surface area contributed by atoms with Gasteiger partial charge in [-0.05, 0) is 23.8 Å². The minimum Gasteiger partial charge on any atom is -0.319 e. The summed E-state index contributed by atoms with van der Waals surface area (Å²) in [4.78, 5) is 0. The number of hydrogen-bond acceptors (Lipinski definition) is 2. The van der Waals surface area contributed by atoms with Crippen LogP contribution in [0.2, 0.25) is 0 Å². The van der Waals surface area contributed by atoms with E-state index in [1.165, 1.54) is 0 Å². The standard InChI is InChI=1S/C11H11Br2N3/c1-16-5-4-10(15-16)11(14)8-3-2-7(12)6-9(8)13/h2-6,11H,14H2,1H3. The SMILES string of the molecule is Cn1ccc(C(N)c2ccc(Br)cc2Br)n1. The fraction of sp³-hybridized carbons (Fsp3) is 0.182. The van der Waals surface area contributed by atoms with E-state index in [2.05, 4.69) is 37.0 Å². The molecule has 0 spiro atoms. The van der Waals surface area contributed by atoms with E-state index in [0.717, 1.165) is 20.2 Å². The third-order valence-electron chi connectivity index (χ3n) is 2.35. The van der Waals surface area contributed by atoms with Gasteiger partial charge in [-0.1, -0.05) is 37.9 Å². The molecule has 2 aromatic rings. The van der Waals surface area contributed by atoms with Crippen molar-refractivity contribution in [1.82, 2.24) is 9.78 Å². The Hall–Kier alpha value is -0.650. The lowest BCUT2D eigenvalue weighted by molar-refractivity contribution is 0.715. The van der Waals surface area contributed by atoms with E-state index in [9.17, 15) is 0 Å². The molecular weight excluding hydrogens is 334 g/mol. The molecule has 84 valence electrons. The van der Waals surface area contributed by atoms with Gasteiger partial charge in [-0.2, -0.15) is 5.10 Å². The Morgan fingerprint density at radius 2 is 2.06 bits per heavy atom. The maximum atomic E-state index is 6.16. The minimum atomic E-state index is -0.205. The summed E-state index contributed by atoms with van der Waals surface area (Å²) in [5.41, 5.74) is 8.06. The molecule has 0 aliphatic carbocycles. The Kier molecular flexibility index (Phi) is 3.47. The first kappa shape index (κ1) is 11.8. The zero-order valence-electron chi connectivity index (χ0n) is 8.69. The second-order valence-corrected chi connectivity index (χ2v) is 5.33. The molecule has 16 heavy (non-hydrogen) atoms. The maximum absolute atomic E-state index is 6.16. The Morgan fingerprint density at radius 3 is 2.62 bits per heavy atom. The summed E-state index contributed by atoms with van der Waals surface area (Å²) in [7, 11) is 1.88. The summed E-state index contributed by atoms with van der Waals surface area (Å²) in [5.74, 6) is 0. The highest BCUT2D eigenvalue weighted by Gasteiger charge is 2.14. The van der Waals surface area contributed by atoms with Crippen molar-refractivity contribution in [2.45, 2.75) is 6.04 Å². The highest BCUT2D eigenvalue weighted by atomic mass is 79.9. The number of benzene rings is 1. The summed E-state index contributed by atoms with van der Waals surface area (Å²) in [6, 6.07) is 7.68. The molecule has 1 aromatic carbocycles. The van der Waals surface area contributed by atoms with Crippen molar-refractivity contribution >= 4 is 31.9 Å². The molecule has 0 bridgehead atoms. The average molecular weight is 345 g/mol. The van der Waals surface area contributed by atoms with Crippen LogP contribution in [0.1, 0.15) is 17.3 Å². The first-order chi connectivity index (χ1) is 7.58. The van der Waals surface area contributed by atoms with Crippen molar-refractivity contribution in [3.8, 4) is 0 Å². The van der Waals surface area contributed by atoms with Crippen LogP contribution >= 0.6 is 31.9 Å². The van der Waals surface area contributed by atoms with E-state index in [1.54, 1.807) is 4.68 Å². The average Bonchev–Trinajstić information content (AvgIpc) is 2.64. The molecule has 2 rings (SSSR count). The fourth-order valence-electron chi connectivity index (χ4n) is 1.51. The number of hydrogen-bond donors (Lipinski definition) is 1. The zero-order chi connectivity index (χ0) is 11.7. The highest BCUT2D eigenvalue weighted by molar-refractivity contribution is 9.11. The Labute approximate surface area is 111 Å². The Balaban J connectivity index is 2.37. The molecule has 0 aliphatic heterocycles. The molecule has 1 atom stereocenters. The van der Waals surface area contributed by atoms with Gasteiger partial charge in [0.15, 0.2) is 0 Å². The molecule has 0 saturated carbocycles. The molecule has 0 aliphatic rings. The predicted molar refractivity (Wildman–Crippen MR) is 71.1 cm³/mol. The van der Waals surface area contributed by atoms with Gasteiger partial charge in [0.2, 0.25) is 0 Å². The molecule has 2 N–H and O–H groups in total. The van der Waals surface area contributed by atoms with Crippen LogP contribution in [0.5, 0.6) is 0 Å². The molecule has 1 aromatic heterocycles. The van der Waals surface area contributed by atoms with E-state index in [-0.39, 0.29) is 6.04 Å². The molecule has 0 amide bonds. The number of rotatable bonds is 2. The van der Waals surface area contributed by atoms with E-state index in [0.29, 0.717) is 0 Å². The van der Waals surface area contributed by atoms with E-state index >= 15 is 0 Å². The Bertz CT molecular complexity index is 508. The lowest BCUT2D eigenvalue weighted by Crippen LogP contribution is -2.13. The lowest BCUT2D eigenvalue weighted by atomic mass is 10.1. The number of halogens is 2. The van der Waals surface area contributed by atoms with Crippen LogP contribution < -0.4 is 5.73 Å². The monoisotopic (exact) mass is 343 g/mol. The van der Waals surface area contributed by atoms with Crippen molar-refractivity contribution in [3.63, 3.8) is 0 Å². The maximum Gasteiger partial charge on any atom is 0.0837 e. The van der Waals surface area contributed by atoms with Crippen molar-refractivity contribution in [2.75, 3.05) is 0 Å². The van der Waals surface area contributed by atoms with Gasteiger partial charge in [-0.15, -0.1) is 0 Å². The summed E-state index contributed by atoms with van der Waals surface area (Å²) >= 11 is 6.92. The van der Waals surface area contributed by atoms with Gasteiger partial charge in [0.1, 0.15) is 0 Å². The topological polar surface area (TPSA) is 43.8 Å². The summed E-state index contributed by atoms with van der Waals surface area (Å²) < 4.78 is 3.76. The number of aromatic nitrogens is 2. The fourth-order valence-corrected chi connectivity index (χ4v) is 2.81. The largest absolute Gasteiger partial charge is 0.319 e. The van der Waals surface area contributed by atoms with Gasteiger partial charge >= 0.3 is 0 Å². The molecule has 1 heterocycles. The first-order valence-electron chi connectivity index (χ1n) is 4.78. The van der Waals surface area contributed by atoms with Crippen molar-refractivity contribution in [1.29, 1.82) is 0 Å². The highest BCUT2D eigenvalue weighted by Crippen LogP contribution is 2.28. The smallest absolute Gasteiger partial charge is 0.0837 e. The van der Waals surface area contributed by atoms with E-state index < -0.39 is 0 Å². The van der Waals surface area contributed by atoms with Crippen LogP contribution in [0, 0.1) is 0 Å². The van der Waals surface area contributed by atoms with Crippen LogP contribution in [-0.2, 0) is 7.05 Å². The quantitative estimate of drug-likeness (QED) is 0.910.